The van der Waals surface area contributed by atoms with Gasteiger partial charge in [-0.05, 0) is 26.7 Å². The summed E-state index contributed by atoms with van der Waals surface area (Å²) in [7, 11) is 0. The van der Waals surface area contributed by atoms with Gasteiger partial charge in [0.2, 0.25) is 0 Å². The first-order valence-electron chi connectivity index (χ1n) is 4.96. The number of aliphatic hydroxyl groups is 1. The number of carbonyl (C=O) groups is 1. The molecule has 0 spiro atoms. The second kappa shape index (κ2) is 6.89. The molecule has 2 unspecified atom stereocenters. The highest BCUT2D eigenvalue weighted by atomic mass is 16.6. The molecule has 1 N–H and O–H groups in total. The Morgan fingerprint density at radius 2 is 2.00 bits per heavy atom. The van der Waals surface area contributed by atoms with Crippen LogP contribution >= 0.6 is 0 Å². The summed E-state index contributed by atoms with van der Waals surface area (Å²) in [5.74, 6) is -0.524. The standard InChI is InChI=1S/C10H20O3/c1-4-5-6-7-8(2)13-10(12)9(3)11/h8-9,11H,4-7H2,1-3H3. The molecule has 0 aliphatic carbocycles. The molecule has 0 amide bonds. The Kier molecular flexibility index (Phi) is 6.59. The average molecular weight is 188 g/mol. The monoisotopic (exact) mass is 188 g/mol. The van der Waals surface area contributed by atoms with Gasteiger partial charge in [-0.1, -0.05) is 19.8 Å². The Balaban J connectivity index is 3.50. The molecule has 0 aromatic heterocycles. The maximum absolute atomic E-state index is 10.9. The van der Waals surface area contributed by atoms with Crippen molar-refractivity contribution < 1.29 is 14.6 Å². The molecule has 0 aromatic rings. The lowest BCUT2D eigenvalue weighted by molar-refractivity contribution is -0.157. The van der Waals surface area contributed by atoms with Crippen LogP contribution in [-0.4, -0.2) is 23.3 Å². The van der Waals surface area contributed by atoms with E-state index in [1.165, 1.54) is 6.92 Å². The predicted molar refractivity (Wildman–Crippen MR) is 51.4 cm³/mol. The topological polar surface area (TPSA) is 46.5 Å². The quantitative estimate of drug-likeness (QED) is 0.511. The molecule has 0 aromatic carbocycles. The first kappa shape index (κ1) is 12.4. The molecule has 3 nitrogen and oxygen atoms in total. The van der Waals surface area contributed by atoms with Crippen LogP contribution in [0, 0.1) is 0 Å². The first-order chi connectivity index (χ1) is 6.07. The molecule has 2 atom stereocenters. The number of hydrogen-bond acceptors (Lipinski definition) is 3. The lowest BCUT2D eigenvalue weighted by atomic mass is 10.1. The Labute approximate surface area is 80.1 Å². The number of unbranched alkanes of at least 4 members (excludes halogenated alkanes) is 2. The SMILES string of the molecule is CCCCCC(C)OC(=O)C(C)O. The Morgan fingerprint density at radius 1 is 1.38 bits per heavy atom. The van der Waals surface area contributed by atoms with Crippen molar-refractivity contribution in [1.82, 2.24) is 0 Å². The van der Waals surface area contributed by atoms with Gasteiger partial charge in [0, 0.05) is 0 Å². The van der Waals surface area contributed by atoms with E-state index in [0.29, 0.717) is 0 Å². The normalized spacial score (nSPS) is 15.1. The van der Waals surface area contributed by atoms with Gasteiger partial charge in [0.1, 0.15) is 6.10 Å². The van der Waals surface area contributed by atoms with E-state index in [2.05, 4.69) is 6.92 Å². The predicted octanol–water partition coefficient (Wildman–Crippen LogP) is 1.88. The second-order valence-corrected chi connectivity index (χ2v) is 3.42. The molecule has 0 aliphatic heterocycles. The molecule has 0 heterocycles. The maximum Gasteiger partial charge on any atom is 0.334 e. The van der Waals surface area contributed by atoms with E-state index in [1.54, 1.807) is 0 Å². The van der Waals surface area contributed by atoms with Gasteiger partial charge in [-0.2, -0.15) is 0 Å². The van der Waals surface area contributed by atoms with Gasteiger partial charge >= 0.3 is 5.97 Å². The fourth-order valence-corrected chi connectivity index (χ4v) is 1.04. The van der Waals surface area contributed by atoms with Gasteiger partial charge in [0.05, 0.1) is 6.10 Å². The Hall–Kier alpha value is -0.570. The number of esters is 1. The summed E-state index contributed by atoms with van der Waals surface area (Å²) in [6, 6.07) is 0. The molecular weight excluding hydrogens is 168 g/mol. The van der Waals surface area contributed by atoms with Crippen LogP contribution in [-0.2, 0) is 9.53 Å². The van der Waals surface area contributed by atoms with Crippen LogP contribution in [0.25, 0.3) is 0 Å². The highest BCUT2D eigenvalue weighted by Crippen LogP contribution is 2.06. The molecule has 0 rings (SSSR count). The minimum absolute atomic E-state index is 0.0753. The van der Waals surface area contributed by atoms with Crippen molar-refractivity contribution >= 4 is 5.97 Å². The Morgan fingerprint density at radius 3 is 2.46 bits per heavy atom. The maximum atomic E-state index is 10.9. The van der Waals surface area contributed by atoms with Crippen molar-refractivity contribution in [1.29, 1.82) is 0 Å². The molecule has 13 heavy (non-hydrogen) atoms. The van der Waals surface area contributed by atoms with E-state index in [-0.39, 0.29) is 6.10 Å². The van der Waals surface area contributed by atoms with Crippen LogP contribution in [0.3, 0.4) is 0 Å². The Bertz CT molecular complexity index is 143. The van der Waals surface area contributed by atoms with Gasteiger partial charge in [-0.25, -0.2) is 4.79 Å². The minimum atomic E-state index is -1.01. The summed E-state index contributed by atoms with van der Waals surface area (Å²) in [4.78, 5) is 10.9. The zero-order valence-corrected chi connectivity index (χ0v) is 8.75. The van der Waals surface area contributed by atoms with Crippen LogP contribution < -0.4 is 0 Å². The number of carbonyl (C=O) groups excluding carboxylic acids is 1. The number of rotatable bonds is 6. The number of aliphatic hydroxyl groups excluding tert-OH is 1. The van der Waals surface area contributed by atoms with E-state index >= 15 is 0 Å². The van der Waals surface area contributed by atoms with Gasteiger partial charge < -0.3 is 9.84 Å². The van der Waals surface area contributed by atoms with E-state index in [9.17, 15) is 4.79 Å². The third-order valence-corrected chi connectivity index (χ3v) is 1.87. The van der Waals surface area contributed by atoms with E-state index in [4.69, 9.17) is 9.84 Å². The fourth-order valence-electron chi connectivity index (χ4n) is 1.04. The van der Waals surface area contributed by atoms with Gasteiger partial charge in [-0.3, -0.25) is 0 Å². The summed E-state index contributed by atoms with van der Waals surface area (Å²) >= 11 is 0. The van der Waals surface area contributed by atoms with E-state index < -0.39 is 12.1 Å². The van der Waals surface area contributed by atoms with Gasteiger partial charge in [0.15, 0.2) is 0 Å². The molecule has 0 bridgehead atoms. The lowest BCUT2D eigenvalue weighted by Crippen LogP contribution is -2.24. The molecule has 3 heteroatoms. The fraction of sp³-hybridized carbons (Fsp3) is 0.900. The molecule has 0 saturated heterocycles. The van der Waals surface area contributed by atoms with Crippen LogP contribution in [0.15, 0.2) is 0 Å². The van der Waals surface area contributed by atoms with Crippen LogP contribution in [0.4, 0.5) is 0 Å². The third-order valence-electron chi connectivity index (χ3n) is 1.87. The average Bonchev–Trinajstić information content (AvgIpc) is 2.04. The summed E-state index contributed by atoms with van der Waals surface area (Å²) < 4.78 is 4.97. The summed E-state index contributed by atoms with van der Waals surface area (Å²) in [6.45, 7) is 5.41. The van der Waals surface area contributed by atoms with Crippen molar-refractivity contribution in [2.24, 2.45) is 0 Å². The van der Waals surface area contributed by atoms with Gasteiger partial charge in [0.25, 0.3) is 0 Å². The largest absolute Gasteiger partial charge is 0.461 e. The van der Waals surface area contributed by atoms with Crippen molar-refractivity contribution in [3.63, 3.8) is 0 Å². The molecular formula is C10H20O3. The van der Waals surface area contributed by atoms with Gasteiger partial charge in [-0.15, -0.1) is 0 Å². The lowest BCUT2D eigenvalue weighted by Gasteiger charge is -2.13. The smallest absolute Gasteiger partial charge is 0.334 e. The van der Waals surface area contributed by atoms with E-state index in [0.717, 1.165) is 25.7 Å². The highest BCUT2D eigenvalue weighted by molar-refractivity contribution is 5.73. The molecule has 78 valence electrons. The zero-order valence-electron chi connectivity index (χ0n) is 8.75. The second-order valence-electron chi connectivity index (χ2n) is 3.42. The summed E-state index contributed by atoms with van der Waals surface area (Å²) in [6.07, 6.45) is 3.20. The van der Waals surface area contributed by atoms with Crippen LogP contribution in [0.2, 0.25) is 0 Å². The number of ether oxygens (including phenoxy) is 1. The van der Waals surface area contributed by atoms with E-state index in [1.807, 2.05) is 6.92 Å². The zero-order chi connectivity index (χ0) is 10.3. The van der Waals surface area contributed by atoms with Crippen molar-refractivity contribution in [2.75, 3.05) is 0 Å². The molecule has 0 radical (unpaired) electrons. The first-order valence-corrected chi connectivity index (χ1v) is 4.96. The van der Waals surface area contributed by atoms with Crippen molar-refractivity contribution in [2.45, 2.75) is 58.7 Å². The third kappa shape index (κ3) is 6.58. The highest BCUT2D eigenvalue weighted by Gasteiger charge is 2.13. The van der Waals surface area contributed by atoms with Crippen molar-refractivity contribution in [3.05, 3.63) is 0 Å². The minimum Gasteiger partial charge on any atom is -0.461 e. The number of hydrogen-bond donors (Lipinski definition) is 1. The summed E-state index contributed by atoms with van der Waals surface area (Å²) in [5.41, 5.74) is 0. The molecule has 0 saturated carbocycles. The summed E-state index contributed by atoms with van der Waals surface area (Å²) in [5, 5.41) is 8.87. The molecule has 0 aliphatic rings. The van der Waals surface area contributed by atoms with Crippen molar-refractivity contribution in [3.8, 4) is 0 Å². The van der Waals surface area contributed by atoms with Crippen LogP contribution in [0.1, 0.15) is 46.5 Å². The van der Waals surface area contributed by atoms with Crippen LogP contribution in [0.5, 0.6) is 0 Å². The molecule has 0 fully saturated rings.